The van der Waals surface area contributed by atoms with E-state index in [2.05, 4.69) is 262 Å². The van der Waals surface area contributed by atoms with E-state index in [1.807, 2.05) is 0 Å². The number of hydrogen-bond donors (Lipinski definition) is 0. The van der Waals surface area contributed by atoms with Crippen molar-refractivity contribution in [3.05, 3.63) is 191 Å². The molecule has 4 heteroatoms. The van der Waals surface area contributed by atoms with Crippen LogP contribution in [0.25, 0.3) is 32.7 Å². The van der Waals surface area contributed by atoms with Crippen LogP contribution in [0.4, 0.5) is 34.1 Å². The van der Waals surface area contributed by atoms with Crippen LogP contribution >= 0.6 is 0 Å². The van der Waals surface area contributed by atoms with Gasteiger partial charge in [0.1, 0.15) is 0 Å². The summed E-state index contributed by atoms with van der Waals surface area (Å²) in [5, 5.41) is 5.20. The van der Waals surface area contributed by atoms with Gasteiger partial charge in [0.15, 0.2) is 0 Å². The Hall–Kier alpha value is -5.69. The summed E-state index contributed by atoms with van der Waals surface area (Å²) in [7, 11) is -3.97. The fraction of sp³-hybridized carbons (Fsp3) is 0.302. The van der Waals surface area contributed by atoms with E-state index in [9.17, 15) is 0 Å². The van der Waals surface area contributed by atoms with Crippen molar-refractivity contribution in [2.75, 3.05) is 9.80 Å². The predicted molar refractivity (Wildman–Crippen MR) is 300 cm³/mol. The van der Waals surface area contributed by atoms with Crippen LogP contribution < -0.4 is 9.80 Å². The van der Waals surface area contributed by atoms with E-state index in [1.165, 1.54) is 89.0 Å². The minimum Gasteiger partial charge on any atom is -0.310 e. The van der Waals surface area contributed by atoms with E-state index in [1.54, 1.807) is 11.1 Å². The molecule has 0 unspecified atom stereocenters. The number of anilines is 6. The highest BCUT2D eigenvalue weighted by molar-refractivity contribution is 6.99. The van der Waals surface area contributed by atoms with Gasteiger partial charge in [-0.2, -0.15) is 0 Å². The molecule has 0 saturated carbocycles. The first kappa shape index (κ1) is 46.4. The average Bonchev–Trinajstić information content (AvgIpc) is 3.58. The van der Waals surface area contributed by atoms with Crippen LogP contribution in [0.3, 0.4) is 0 Å². The molecule has 0 spiro atoms. The third-order valence-corrected chi connectivity index (χ3v) is 25.1. The van der Waals surface area contributed by atoms with Crippen LogP contribution in [0.2, 0.25) is 39.3 Å². The molecule has 8 aromatic rings. The van der Waals surface area contributed by atoms with Crippen molar-refractivity contribution >= 4 is 71.8 Å². The lowest BCUT2D eigenvalue weighted by Gasteiger charge is -2.51. The van der Waals surface area contributed by atoms with Gasteiger partial charge < -0.3 is 9.80 Å². The maximum absolute atomic E-state index is 2.64. The Bertz CT molecular complexity index is 2760. The SMILES string of the molecule is CC(C)c1ccc(N(c2ccc(C(C)C)cc2)c2ccc3cc4c(cc3c2)C([Si](C)(C)C)([Si](C)(C)C)c2cc3cc(N(c5ccc(C(C)C)cc5)c5ccc(C(C)C)cc5)ccc3cc2-4)cc1. The Kier molecular flexibility index (Phi) is 12.1. The molecule has 0 N–H and O–H groups in total. The molecule has 9 rings (SSSR count). The summed E-state index contributed by atoms with van der Waals surface area (Å²) in [4.78, 5) is 4.90. The van der Waals surface area contributed by atoms with Crippen molar-refractivity contribution in [1.82, 2.24) is 0 Å². The van der Waals surface area contributed by atoms with Crippen molar-refractivity contribution in [1.29, 1.82) is 0 Å². The van der Waals surface area contributed by atoms with E-state index in [0.717, 1.165) is 0 Å². The van der Waals surface area contributed by atoms with Crippen LogP contribution in [-0.4, -0.2) is 16.1 Å². The Labute approximate surface area is 404 Å². The third kappa shape index (κ3) is 8.18. The maximum atomic E-state index is 2.64. The first-order valence-corrected chi connectivity index (χ1v) is 31.9. The van der Waals surface area contributed by atoms with E-state index in [0.29, 0.717) is 23.7 Å². The molecule has 0 fully saturated rings. The summed E-state index contributed by atoms with van der Waals surface area (Å²) in [6.45, 7) is 34.0. The summed E-state index contributed by atoms with van der Waals surface area (Å²) in [5.74, 6) is 1.92. The van der Waals surface area contributed by atoms with Gasteiger partial charge in [-0.1, -0.05) is 167 Å². The number of rotatable bonds is 12. The average molecular weight is 913 g/mol. The number of benzene rings is 8. The third-order valence-electron chi connectivity index (χ3n) is 15.1. The molecule has 0 bridgehead atoms. The predicted octanol–water partition coefficient (Wildman–Crippen LogP) is 19.4. The summed E-state index contributed by atoms with van der Waals surface area (Å²) in [6.07, 6.45) is 0. The zero-order valence-electron chi connectivity index (χ0n) is 42.7. The minimum absolute atomic E-state index is 0.0167. The molecule has 0 saturated heterocycles. The molecule has 8 aromatic carbocycles. The van der Waals surface area contributed by atoms with Crippen LogP contribution in [0.1, 0.15) is 112 Å². The summed E-state index contributed by atoms with van der Waals surface area (Å²) < 4.78 is -0.0167. The van der Waals surface area contributed by atoms with Gasteiger partial charge in [-0.15, -0.1) is 0 Å². The summed E-state index contributed by atoms with van der Waals surface area (Å²) in [5.41, 5.74) is 18.5. The van der Waals surface area contributed by atoms with Gasteiger partial charge in [-0.3, -0.25) is 0 Å². The molecule has 2 nitrogen and oxygen atoms in total. The van der Waals surface area contributed by atoms with Gasteiger partial charge in [-0.05, 0) is 175 Å². The number of hydrogen-bond acceptors (Lipinski definition) is 2. The lowest BCUT2D eigenvalue weighted by Crippen LogP contribution is -2.63. The molecule has 0 heterocycles. The van der Waals surface area contributed by atoms with Crippen LogP contribution in [-0.2, 0) is 4.66 Å². The van der Waals surface area contributed by atoms with Crippen molar-refractivity contribution in [2.45, 2.75) is 123 Å². The Morgan fingerprint density at radius 1 is 0.299 bits per heavy atom. The first-order valence-electron chi connectivity index (χ1n) is 24.9. The molecular weight excluding hydrogens is 841 g/mol. The van der Waals surface area contributed by atoms with Crippen molar-refractivity contribution < 1.29 is 0 Å². The van der Waals surface area contributed by atoms with Gasteiger partial charge in [0, 0.05) is 38.8 Å². The molecule has 0 aromatic heterocycles. The Morgan fingerprint density at radius 2 is 0.552 bits per heavy atom. The topological polar surface area (TPSA) is 6.48 Å². The lowest BCUT2D eigenvalue weighted by atomic mass is 9.97. The highest BCUT2D eigenvalue weighted by atomic mass is 28.4. The zero-order valence-corrected chi connectivity index (χ0v) is 44.7. The van der Waals surface area contributed by atoms with Gasteiger partial charge in [0.25, 0.3) is 0 Å². The molecule has 67 heavy (non-hydrogen) atoms. The van der Waals surface area contributed by atoms with Gasteiger partial charge in [-0.25, -0.2) is 0 Å². The van der Waals surface area contributed by atoms with Gasteiger partial charge in [0.2, 0.25) is 0 Å². The van der Waals surface area contributed by atoms with E-state index >= 15 is 0 Å². The second kappa shape index (κ2) is 17.4. The highest BCUT2D eigenvalue weighted by Gasteiger charge is 2.59. The minimum atomic E-state index is -1.99. The number of fused-ring (bicyclic) bond motifs is 5. The highest BCUT2D eigenvalue weighted by Crippen LogP contribution is 2.59. The van der Waals surface area contributed by atoms with Crippen molar-refractivity contribution in [3.63, 3.8) is 0 Å². The standard InChI is InChI=1S/C63H72N2Si2/c1-41(2)45-15-25-53(26-16-45)64(54-27-17-46(18-28-54)42(3)4)57-33-23-49-37-59-60-38-50-24-34-58(65(55-29-19-47(20-30-55)43(5)6)56-31-21-48(22-32-56)44(7)8)36-52(50)40-62(60)63(66(9,10)11,67(12,13)14)61(59)39-51(49)35-57/h15-44H,1-14H3. The second-order valence-corrected chi connectivity index (χ2v) is 33.8. The molecule has 0 atom stereocenters. The molecular formula is C63H72N2Si2. The fourth-order valence-corrected chi connectivity index (χ4v) is 24.8. The smallest absolute Gasteiger partial charge is 0.0579 e. The van der Waals surface area contributed by atoms with Gasteiger partial charge >= 0.3 is 0 Å². The van der Waals surface area contributed by atoms with Crippen molar-refractivity contribution in [2.24, 2.45) is 0 Å². The van der Waals surface area contributed by atoms with Crippen LogP contribution in [0, 0.1) is 0 Å². The quantitative estimate of drug-likeness (QED) is 0.113. The van der Waals surface area contributed by atoms with Gasteiger partial charge in [0.05, 0.1) is 16.1 Å². The molecule has 0 amide bonds. The van der Waals surface area contributed by atoms with E-state index in [-0.39, 0.29) is 4.66 Å². The Morgan fingerprint density at radius 3 is 0.791 bits per heavy atom. The molecule has 1 aliphatic rings. The summed E-state index contributed by atoms with van der Waals surface area (Å²) >= 11 is 0. The van der Waals surface area contributed by atoms with Crippen molar-refractivity contribution in [3.8, 4) is 11.1 Å². The maximum Gasteiger partial charge on any atom is 0.0579 e. The Balaban J connectivity index is 1.22. The first-order chi connectivity index (χ1) is 31.8. The molecule has 0 radical (unpaired) electrons. The zero-order chi connectivity index (χ0) is 47.7. The van der Waals surface area contributed by atoms with Crippen LogP contribution in [0.5, 0.6) is 0 Å². The lowest BCUT2D eigenvalue weighted by molar-refractivity contribution is 0.866. The largest absolute Gasteiger partial charge is 0.310 e. The van der Waals surface area contributed by atoms with Crippen LogP contribution in [0.15, 0.2) is 158 Å². The molecule has 342 valence electrons. The number of nitrogens with zero attached hydrogens (tertiary/aromatic N) is 2. The molecule has 1 aliphatic carbocycles. The fourth-order valence-electron chi connectivity index (χ4n) is 11.7. The normalized spacial score (nSPS) is 13.6. The summed E-state index contributed by atoms with van der Waals surface area (Å²) in [6, 6.07) is 61.5. The second-order valence-electron chi connectivity index (χ2n) is 22.8. The monoisotopic (exact) mass is 913 g/mol. The van der Waals surface area contributed by atoms with E-state index in [4.69, 9.17) is 0 Å². The molecule has 0 aliphatic heterocycles. The van der Waals surface area contributed by atoms with E-state index < -0.39 is 16.1 Å².